The quantitative estimate of drug-likeness (QED) is 0.244. The van der Waals surface area contributed by atoms with E-state index in [1.54, 1.807) is 0 Å². The molecule has 1 rings (SSSR count). The molecule has 1 aromatic rings. The highest BCUT2D eigenvalue weighted by atomic mass is 35.6. The van der Waals surface area contributed by atoms with Crippen LogP contribution in [0.15, 0.2) is 18.2 Å². The van der Waals surface area contributed by atoms with Crippen LogP contribution in [0.25, 0.3) is 0 Å². The fourth-order valence-electron chi connectivity index (χ4n) is 2.29. The average Bonchev–Trinajstić information content (AvgIpc) is 2.64. The molecule has 0 saturated carbocycles. The summed E-state index contributed by atoms with van der Waals surface area (Å²) in [7, 11) is 0. The third kappa shape index (κ3) is 6.25. The fourth-order valence-corrected chi connectivity index (χ4v) is 6.82. The van der Waals surface area contributed by atoms with Crippen molar-refractivity contribution in [1.29, 1.82) is 0 Å². The Kier molecular flexibility index (Phi) is 12.4. The van der Waals surface area contributed by atoms with Gasteiger partial charge in [0.2, 0.25) is 16.3 Å². The highest BCUT2D eigenvalue weighted by Crippen LogP contribution is 2.67. The van der Waals surface area contributed by atoms with Gasteiger partial charge in [-0.2, -0.15) is 0 Å². The zero-order valence-corrected chi connectivity index (χ0v) is 28.8. The normalized spacial score (nSPS) is 15.6. The second-order valence-corrected chi connectivity index (χ2v) is 19.0. The highest BCUT2D eigenvalue weighted by Gasteiger charge is 2.70. The van der Waals surface area contributed by atoms with E-state index in [0.717, 1.165) is 6.07 Å². The predicted octanol–water partition coefficient (Wildman–Crippen LogP) is 12.3. The minimum Gasteiger partial charge on any atom is -0.232 e. The van der Waals surface area contributed by atoms with Crippen LogP contribution < -0.4 is 0 Å². The van der Waals surface area contributed by atoms with E-state index in [1.165, 1.54) is 12.1 Å². The summed E-state index contributed by atoms with van der Waals surface area (Å²) in [4.78, 5) is 0. The second-order valence-electron chi connectivity index (χ2n) is 6.46. The molecule has 0 unspecified atom stereocenters. The molecule has 0 spiro atoms. The average molecular weight is 839 g/mol. The maximum atomic E-state index is 11.9. The lowest BCUT2D eigenvalue weighted by Gasteiger charge is -2.46. The van der Waals surface area contributed by atoms with E-state index in [2.05, 4.69) is 0 Å². The predicted molar refractivity (Wildman–Crippen MR) is 156 cm³/mol. The van der Waals surface area contributed by atoms with Gasteiger partial charge in [0.25, 0.3) is 0 Å². The van der Waals surface area contributed by atoms with Crippen LogP contribution in [0.3, 0.4) is 0 Å². The monoisotopic (exact) mass is 830 g/mol. The van der Waals surface area contributed by atoms with Crippen LogP contribution in [0.2, 0.25) is 0 Å². The summed E-state index contributed by atoms with van der Waals surface area (Å²) in [6.07, 6.45) is 0. The Hall–Kier alpha value is 4.40. The van der Waals surface area contributed by atoms with Gasteiger partial charge < -0.3 is 0 Å². The number of benzene rings is 1. The summed E-state index contributed by atoms with van der Waals surface area (Å²) in [5, 5.41) is 11.9. The number of hydrogen-bond donors (Lipinski definition) is 0. The summed E-state index contributed by atoms with van der Waals surface area (Å²) in [6, 6.07) is 3.43. The fraction of sp³-hybridized carbons (Fsp3) is 0.600. The minimum atomic E-state index is -2.71. The van der Waals surface area contributed by atoms with Crippen molar-refractivity contribution in [3.63, 3.8) is 0 Å². The van der Waals surface area contributed by atoms with Gasteiger partial charge >= 0.3 is 0 Å². The first-order valence-electron chi connectivity index (χ1n) is 7.78. The smallest absolute Gasteiger partial charge is 0.226 e. The zero-order valence-electron chi connectivity index (χ0n) is 15.2. The van der Waals surface area contributed by atoms with Gasteiger partial charge in [0.1, 0.15) is 6.61 Å². The van der Waals surface area contributed by atoms with E-state index in [9.17, 15) is 5.11 Å². The summed E-state index contributed by atoms with van der Waals surface area (Å²) < 4.78 is -20.7. The van der Waals surface area contributed by atoms with E-state index in [4.69, 9.17) is 209 Å². The minimum absolute atomic E-state index is 0.0869. The molecule has 0 bridgehead atoms. The third-order valence-electron chi connectivity index (χ3n) is 4.26. The maximum Gasteiger partial charge on any atom is 0.226 e. The molecule has 0 saturated heterocycles. The van der Waals surface area contributed by atoms with Gasteiger partial charge in [-0.05, 0) is 22.8 Å². The lowest BCUT2D eigenvalue weighted by atomic mass is 9.95. The molecule has 34 heavy (non-hydrogen) atoms. The van der Waals surface area contributed by atoms with Crippen molar-refractivity contribution in [3.05, 3.63) is 34.9 Å². The Morgan fingerprint density at radius 2 is 0.853 bits per heavy atom. The van der Waals surface area contributed by atoms with Crippen molar-refractivity contribution < 1.29 is 5.11 Å². The molecule has 0 N–H and O–H groups in total. The van der Waals surface area contributed by atoms with Crippen LogP contribution >= 0.6 is 209 Å². The van der Waals surface area contributed by atoms with Gasteiger partial charge in [-0.3, -0.25) is 0 Å². The maximum absolute atomic E-state index is 11.9. The van der Waals surface area contributed by atoms with Crippen molar-refractivity contribution in [2.24, 2.45) is 0 Å². The van der Waals surface area contributed by atoms with Crippen molar-refractivity contribution in [2.75, 3.05) is 0 Å². The number of rotatable bonds is 7. The first-order chi connectivity index (χ1) is 14.7. The van der Waals surface area contributed by atoms with Crippen molar-refractivity contribution >= 4 is 209 Å². The summed E-state index contributed by atoms with van der Waals surface area (Å²) >= 11 is 110. The van der Waals surface area contributed by atoms with Gasteiger partial charge in [0.15, 0.2) is 17.3 Å². The topological polar surface area (TPSA) is 19.9 Å². The van der Waals surface area contributed by atoms with Crippen molar-refractivity contribution in [1.82, 2.24) is 0 Å². The molecule has 0 fully saturated rings. The van der Waals surface area contributed by atoms with Crippen LogP contribution in [0.4, 0.5) is 0 Å². The second kappa shape index (κ2) is 11.6. The van der Waals surface area contributed by atoms with Gasteiger partial charge in [0.05, 0.1) is 0 Å². The SMILES string of the molecule is [O]Cc1ccc(C(Cl)(Cl)C(Cl)(Cl)C(Cl)(Cl)C(Cl)(Cl)Cl)cc1C(Cl)(Cl)C(Cl)(Cl)C(Cl)(Cl)C(Cl)(Cl)Cl. The van der Waals surface area contributed by atoms with Crippen LogP contribution in [0.1, 0.15) is 16.7 Å². The summed E-state index contributed by atoms with van der Waals surface area (Å²) in [5.41, 5.74) is -0.630. The Bertz CT molecular complexity index is 894. The lowest BCUT2D eigenvalue weighted by molar-refractivity contribution is 0.176. The standard InChI is InChI=1S/C15H5Cl18O/c16-8(17,10(20,21)12(24,25)14(28,29)30)6-2-1-5(4-34)7(3-6)9(18,19)11(22,23)13(26,27)15(31,32)33/h1-3H,4H2. The molecule has 0 heterocycles. The van der Waals surface area contributed by atoms with Gasteiger partial charge in [0, 0.05) is 0 Å². The molecule has 0 aliphatic heterocycles. The molecule has 197 valence electrons. The van der Waals surface area contributed by atoms with Crippen LogP contribution in [-0.2, 0) is 20.4 Å². The molecule has 1 nitrogen and oxygen atoms in total. The Labute approximate surface area is 285 Å². The Morgan fingerprint density at radius 1 is 0.500 bits per heavy atom. The van der Waals surface area contributed by atoms with Gasteiger partial charge in [-0.15, -0.1) is 0 Å². The molecule has 1 radical (unpaired) electrons. The summed E-state index contributed by atoms with van der Waals surface area (Å²) in [5.74, 6) is 0. The van der Waals surface area contributed by atoms with Crippen LogP contribution in [0.5, 0.6) is 0 Å². The third-order valence-corrected chi connectivity index (χ3v) is 15.2. The molecule has 0 aromatic heterocycles. The molecule has 0 aliphatic carbocycles. The zero-order chi connectivity index (χ0) is 27.6. The van der Waals surface area contributed by atoms with Gasteiger partial charge in [-0.25, -0.2) is 5.11 Å². The van der Waals surface area contributed by atoms with E-state index in [0.29, 0.717) is 0 Å². The Morgan fingerprint density at radius 3 is 1.18 bits per heavy atom. The van der Waals surface area contributed by atoms with E-state index in [-0.39, 0.29) is 16.7 Å². The first-order valence-corrected chi connectivity index (χ1v) is 14.6. The number of hydrogen-bond acceptors (Lipinski definition) is 0. The van der Waals surface area contributed by atoms with Gasteiger partial charge in [-0.1, -0.05) is 221 Å². The molecular weight excluding hydrogens is 834 g/mol. The van der Waals surface area contributed by atoms with Crippen molar-refractivity contribution in [3.8, 4) is 0 Å². The molecule has 0 atom stereocenters. The van der Waals surface area contributed by atoms with Crippen molar-refractivity contribution in [2.45, 2.75) is 40.2 Å². The largest absolute Gasteiger partial charge is 0.232 e. The molecule has 0 aliphatic rings. The van der Waals surface area contributed by atoms with Crippen LogP contribution in [0, 0.1) is 0 Å². The van der Waals surface area contributed by atoms with E-state index in [1.807, 2.05) is 0 Å². The summed E-state index contributed by atoms with van der Waals surface area (Å²) in [6.45, 7) is -0.917. The lowest BCUT2D eigenvalue weighted by Crippen LogP contribution is -2.55. The van der Waals surface area contributed by atoms with Crippen LogP contribution in [-0.4, -0.2) is 24.9 Å². The Balaban J connectivity index is 3.88. The van der Waals surface area contributed by atoms with E-state index < -0.39 is 40.2 Å². The molecular formula is C15H5Cl18O. The molecule has 1 aromatic carbocycles. The number of alkyl halides is 18. The molecule has 19 heteroatoms. The number of halogens is 18. The molecule has 0 amide bonds. The van der Waals surface area contributed by atoms with E-state index >= 15 is 0 Å². The first kappa shape index (κ1) is 36.4. The highest BCUT2D eigenvalue weighted by molar-refractivity contribution is 6.81.